The van der Waals surface area contributed by atoms with Gasteiger partial charge in [0, 0.05) is 12.1 Å². The van der Waals surface area contributed by atoms with Gasteiger partial charge in [-0.25, -0.2) is 9.18 Å². The van der Waals surface area contributed by atoms with Crippen LogP contribution in [0.15, 0.2) is 48.5 Å². The van der Waals surface area contributed by atoms with E-state index in [-0.39, 0.29) is 25.0 Å². The molecule has 0 unspecified atom stereocenters. The Labute approximate surface area is 133 Å². The quantitative estimate of drug-likeness (QED) is 0.801. The maximum absolute atomic E-state index is 13.4. The predicted octanol–water partition coefficient (Wildman–Crippen LogP) is 3.36. The van der Waals surface area contributed by atoms with E-state index in [1.165, 1.54) is 6.07 Å². The van der Waals surface area contributed by atoms with E-state index in [9.17, 15) is 9.18 Å². The fourth-order valence-corrected chi connectivity index (χ4v) is 1.96. The van der Waals surface area contributed by atoms with Crippen LogP contribution in [0.25, 0.3) is 0 Å². The van der Waals surface area contributed by atoms with Gasteiger partial charge in [-0.3, -0.25) is 0 Å². The maximum atomic E-state index is 13.4. The first-order chi connectivity index (χ1) is 10.7. The van der Waals surface area contributed by atoms with Crippen molar-refractivity contribution >= 4 is 17.6 Å². The lowest BCUT2D eigenvalue weighted by Crippen LogP contribution is -2.37. The third kappa shape index (κ3) is 4.93. The number of benzene rings is 2. The highest BCUT2D eigenvalue weighted by Gasteiger charge is 2.04. The van der Waals surface area contributed by atoms with Crippen molar-refractivity contribution in [1.82, 2.24) is 10.6 Å². The van der Waals surface area contributed by atoms with Gasteiger partial charge in [-0.15, -0.1) is 0 Å². The van der Waals surface area contributed by atoms with Gasteiger partial charge in [-0.05, 0) is 18.2 Å². The molecule has 0 fully saturated rings. The van der Waals surface area contributed by atoms with Crippen LogP contribution in [-0.4, -0.2) is 19.2 Å². The molecule has 2 N–H and O–H groups in total. The average Bonchev–Trinajstić information content (AvgIpc) is 2.52. The molecule has 6 heteroatoms. The second kappa shape index (κ2) is 8.24. The summed E-state index contributed by atoms with van der Waals surface area (Å²) < 4.78 is 18.8. The van der Waals surface area contributed by atoms with Gasteiger partial charge in [0.2, 0.25) is 0 Å². The van der Waals surface area contributed by atoms with E-state index in [0.29, 0.717) is 22.9 Å². The number of urea groups is 1. The minimum absolute atomic E-state index is 0.129. The Morgan fingerprint density at radius 1 is 1.09 bits per heavy atom. The molecule has 0 aliphatic heterocycles. The number of carbonyl (C=O) groups excluding carboxylic acids is 1. The van der Waals surface area contributed by atoms with E-state index in [4.69, 9.17) is 16.3 Å². The number of ether oxygens (including phenoxy) is 1. The van der Waals surface area contributed by atoms with Crippen LogP contribution in [0.4, 0.5) is 9.18 Å². The zero-order valence-corrected chi connectivity index (χ0v) is 12.6. The molecule has 2 aromatic carbocycles. The first-order valence-electron chi connectivity index (χ1n) is 6.79. The topological polar surface area (TPSA) is 50.4 Å². The van der Waals surface area contributed by atoms with Crippen LogP contribution >= 0.6 is 11.6 Å². The molecule has 0 radical (unpaired) electrons. The number of rotatable bonds is 6. The third-order valence-electron chi connectivity index (χ3n) is 2.88. The summed E-state index contributed by atoms with van der Waals surface area (Å²) in [5.74, 6) is 0.225. The Hall–Kier alpha value is -2.27. The zero-order valence-electron chi connectivity index (χ0n) is 11.8. The number of nitrogens with one attached hydrogen (secondary N) is 2. The van der Waals surface area contributed by atoms with Crippen molar-refractivity contribution in [3.05, 3.63) is 64.9 Å². The van der Waals surface area contributed by atoms with E-state index in [1.807, 2.05) is 12.1 Å². The number of carbonyl (C=O) groups is 1. The molecule has 4 nitrogen and oxygen atoms in total. The van der Waals surface area contributed by atoms with Crippen molar-refractivity contribution in [1.29, 1.82) is 0 Å². The van der Waals surface area contributed by atoms with Crippen molar-refractivity contribution in [3.8, 4) is 5.75 Å². The van der Waals surface area contributed by atoms with Crippen LogP contribution in [0.3, 0.4) is 0 Å². The fraction of sp³-hybridized carbons (Fsp3) is 0.188. The highest BCUT2D eigenvalue weighted by molar-refractivity contribution is 6.32. The lowest BCUT2D eigenvalue weighted by Gasteiger charge is -2.10. The summed E-state index contributed by atoms with van der Waals surface area (Å²) in [6, 6.07) is 13.0. The normalized spacial score (nSPS) is 10.1. The molecule has 22 heavy (non-hydrogen) atoms. The number of halogens is 2. The van der Waals surface area contributed by atoms with Gasteiger partial charge >= 0.3 is 6.03 Å². The lowest BCUT2D eigenvalue weighted by molar-refractivity contribution is 0.236. The molecule has 116 valence electrons. The minimum Gasteiger partial charge on any atom is -0.490 e. The predicted molar refractivity (Wildman–Crippen MR) is 83.6 cm³/mol. The van der Waals surface area contributed by atoms with Gasteiger partial charge in [0.05, 0.1) is 11.6 Å². The fourth-order valence-electron chi connectivity index (χ4n) is 1.77. The van der Waals surface area contributed by atoms with Crippen molar-refractivity contribution in [3.63, 3.8) is 0 Å². The zero-order chi connectivity index (χ0) is 15.8. The number of para-hydroxylation sites is 1. The molecule has 0 saturated heterocycles. The molecule has 0 aliphatic rings. The van der Waals surface area contributed by atoms with Crippen LogP contribution < -0.4 is 15.4 Å². The van der Waals surface area contributed by atoms with Gasteiger partial charge in [0.25, 0.3) is 0 Å². The van der Waals surface area contributed by atoms with Gasteiger partial charge < -0.3 is 15.4 Å². The van der Waals surface area contributed by atoms with Gasteiger partial charge in [0.1, 0.15) is 18.2 Å². The number of hydrogen-bond acceptors (Lipinski definition) is 2. The molecule has 0 saturated carbocycles. The monoisotopic (exact) mass is 322 g/mol. The molecule has 0 heterocycles. The molecule has 0 atom stereocenters. The van der Waals surface area contributed by atoms with Gasteiger partial charge in [-0.1, -0.05) is 41.9 Å². The summed E-state index contributed by atoms with van der Waals surface area (Å²) in [7, 11) is 0. The number of amides is 2. The first kappa shape index (κ1) is 16.1. The Balaban J connectivity index is 1.66. The minimum atomic E-state index is -0.383. The van der Waals surface area contributed by atoms with Crippen LogP contribution in [0.2, 0.25) is 5.02 Å². The van der Waals surface area contributed by atoms with E-state index in [1.54, 1.807) is 30.3 Å². The Morgan fingerprint density at radius 3 is 2.59 bits per heavy atom. The highest BCUT2D eigenvalue weighted by atomic mass is 35.5. The van der Waals surface area contributed by atoms with Crippen molar-refractivity contribution in [2.75, 3.05) is 13.2 Å². The van der Waals surface area contributed by atoms with Gasteiger partial charge in [-0.2, -0.15) is 0 Å². The molecular weight excluding hydrogens is 307 g/mol. The third-order valence-corrected chi connectivity index (χ3v) is 3.19. The molecule has 0 bridgehead atoms. The molecule has 2 aromatic rings. The van der Waals surface area contributed by atoms with E-state index in [0.717, 1.165) is 0 Å². The largest absolute Gasteiger partial charge is 0.490 e. The highest BCUT2D eigenvalue weighted by Crippen LogP contribution is 2.22. The summed E-state index contributed by atoms with van der Waals surface area (Å²) in [5, 5.41) is 5.72. The molecule has 0 spiro atoms. The summed E-state index contributed by atoms with van der Waals surface area (Å²) in [6.07, 6.45) is 0. The second-order valence-corrected chi connectivity index (χ2v) is 4.89. The Kier molecular flexibility index (Phi) is 6.03. The molecule has 0 aromatic heterocycles. The molecular formula is C16H16ClFN2O2. The van der Waals surface area contributed by atoms with E-state index < -0.39 is 0 Å². The number of hydrogen-bond donors (Lipinski definition) is 2. The average molecular weight is 323 g/mol. The van der Waals surface area contributed by atoms with Crippen LogP contribution in [0.1, 0.15) is 5.56 Å². The standard InChI is InChI=1S/C16H16ClFN2O2/c17-13-6-2-4-8-15(13)22-10-9-19-16(21)20-11-12-5-1-3-7-14(12)18/h1-8H,9-11H2,(H2,19,20,21). The van der Waals surface area contributed by atoms with E-state index in [2.05, 4.69) is 10.6 Å². The molecule has 0 aliphatic carbocycles. The molecule has 2 rings (SSSR count). The van der Waals surface area contributed by atoms with Crippen LogP contribution in [0, 0.1) is 5.82 Å². The van der Waals surface area contributed by atoms with Crippen molar-refractivity contribution < 1.29 is 13.9 Å². The summed E-state index contributed by atoms with van der Waals surface area (Å²) in [6.45, 7) is 0.731. The van der Waals surface area contributed by atoms with Crippen LogP contribution in [-0.2, 0) is 6.54 Å². The second-order valence-electron chi connectivity index (χ2n) is 4.48. The van der Waals surface area contributed by atoms with E-state index >= 15 is 0 Å². The van der Waals surface area contributed by atoms with Gasteiger partial charge in [0.15, 0.2) is 0 Å². The smallest absolute Gasteiger partial charge is 0.315 e. The van der Waals surface area contributed by atoms with Crippen molar-refractivity contribution in [2.45, 2.75) is 6.54 Å². The summed E-state index contributed by atoms with van der Waals surface area (Å²) >= 11 is 5.94. The SMILES string of the molecule is O=C(NCCOc1ccccc1Cl)NCc1ccccc1F. The Bertz CT molecular complexity index is 637. The lowest BCUT2D eigenvalue weighted by atomic mass is 10.2. The molecule has 2 amide bonds. The van der Waals surface area contributed by atoms with Crippen LogP contribution in [0.5, 0.6) is 5.75 Å². The maximum Gasteiger partial charge on any atom is 0.315 e. The Morgan fingerprint density at radius 2 is 1.82 bits per heavy atom. The summed E-state index contributed by atoms with van der Waals surface area (Å²) in [4.78, 5) is 11.6. The first-order valence-corrected chi connectivity index (χ1v) is 7.17. The summed E-state index contributed by atoms with van der Waals surface area (Å²) in [5.41, 5.74) is 0.435. The van der Waals surface area contributed by atoms with Crippen molar-refractivity contribution in [2.24, 2.45) is 0 Å².